The highest BCUT2D eigenvalue weighted by atomic mass is 35.5. The largest absolute Gasteiger partial charge is 0.507 e. The van der Waals surface area contributed by atoms with Crippen LogP contribution in [0.1, 0.15) is 40.9 Å². The van der Waals surface area contributed by atoms with Gasteiger partial charge >= 0.3 is 0 Å². The molecule has 8 heteroatoms. The molecule has 2 aliphatic rings. The summed E-state index contributed by atoms with van der Waals surface area (Å²) in [5.74, 6) is 0.327. The predicted octanol–water partition coefficient (Wildman–Crippen LogP) is 3.65. The van der Waals surface area contributed by atoms with Crippen molar-refractivity contribution in [3.8, 4) is 11.5 Å². The van der Waals surface area contributed by atoms with Gasteiger partial charge in [0.15, 0.2) is 5.75 Å². The molecule has 3 unspecified atom stereocenters. The molecule has 0 spiro atoms. The maximum Gasteiger partial charge on any atom is 0.202 e. The second-order valence-corrected chi connectivity index (χ2v) is 8.68. The van der Waals surface area contributed by atoms with Crippen LogP contribution in [-0.4, -0.2) is 41.4 Å². The van der Waals surface area contributed by atoms with Crippen LogP contribution in [0.5, 0.6) is 11.5 Å². The molecule has 162 valence electrons. The Bertz CT molecular complexity index is 1220. The molecule has 7 nitrogen and oxygen atoms in total. The van der Waals surface area contributed by atoms with Gasteiger partial charge in [-0.3, -0.25) is 4.79 Å². The molecule has 0 saturated carbocycles. The molecule has 0 bridgehead atoms. The van der Waals surface area contributed by atoms with Gasteiger partial charge in [0.25, 0.3) is 0 Å². The van der Waals surface area contributed by atoms with Gasteiger partial charge in [0.1, 0.15) is 34.7 Å². The lowest BCUT2D eigenvalue weighted by Gasteiger charge is -2.39. The summed E-state index contributed by atoms with van der Waals surface area (Å²) in [4.78, 5) is 26.6. The third-order valence-corrected chi connectivity index (χ3v) is 6.47. The van der Waals surface area contributed by atoms with Crippen LogP contribution in [0.4, 0.5) is 0 Å². The Hall–Kier alpha value is -2.58. The van der Waals surface area contributed by atoms with Crippen LogP contribution in [0.2, 0.25) is 5.02 Å². The fourth-order valence-corrected chi connectivity index (χ4v) is 4.75. The summed E-state index contributed by atoms with van der Waals surface area (Å²) >= 11 is 5.94. The minimum atomic E-state index is -1.22. The van der Waals surface area contributed by atoms with E-state index in [2.05, 4.69) is 4.90 Å². The zero-order valence-corrected chi connectivity index (χ0v) is 17.8. The molecule has 0 aliphatic carbocycles. The minimum absolute atomic E-state index is 0.0300. The first kappa shape index (κ1) is 20.3. The van der Waals surface area contributed by atoms with Gasteiger partial charge in [-0.15, -0.1) is 0 Å². The number of phenols is 1. The Labute approximate surface area is 183 Å². The van der Waals surface area contributed by atoms with E-state index in [1.54, 1.807) is 31.2 Å². The number of aliphatic hydroxyl groups is 1. The number of piperidine rings is 1. The summed E-state index contributed by atoms with van der Waals surface area (Å²) < 4.78 is 6.10. The Kier molecular flexibility index (Phi) is 4.94. The van der Waals surface area contributed by atoms with Gasteiger partial charge in [-0.05, 0) is 44.6 Å². The highest BCUT2D eigenvalue weighted by Crippen LogP contribution is 2.46. The van der Waals surface area contributed by atoms with Crippen molar-refractivity contribution in [1.82, 2.24) is 4.90 Å². The number of aromatic hydroxyl groups is 1. The Morgan fingerprint density at radius 1 is 1.26 bits per heavy atom. The highest BCUT2D eigenvalue weighted by molar-refractivity contribution is 6.30. The van der Waals surface area contributed by atoms with E-state index in [-0.39, 0.29) is 40.1 Å². The lowest BCUT2D eigenvalue weighted by atomic mass is 9.84. The molecular weight excluding hydrogens is 422 g/mol. The smallest absolute Gasteiger partial charge is 0.202 e. The Balaban J connectivity index is 1.70. The molecule has 5 rings (SSSR count). The molecule has 2 N–H and O–H groups in total. The number of hydrogen-bond acceptors (Lipinski definition) is 7. The maximum atomic E-state index is 13.5. The van der Waals surface area contributed by atoms with E-state index in [1.165, 1.54) is 6.07 Å². The quantitative estimate of drug-likeness (QED) is 0.584. The van der Waals surface area contributed by atoms with Crippen molar-refractivity contribution < 1.29 is 24.4 Å². The summed E-state index contributed by atoms with van der Waals surface area (Å²) in [5, 5.41) is 22.1. The van der Waals surface area contributed by atoms with E-state index in [1.807, 2.05) is 7.05 Å². The molecule has 3 heterocycles. The predicted molar refractivity (Wildman–Crippen MR) is 115 cm³/mol. The topological polar surface area (TPSA) is 92.4 Å². The average Bonchev–Trinajstić information content (AvgIpc) is 2.73. The molecule has 3 aromatic rings. The van der Waals surface area contributed by atoms with Crippen LogP contribution in [-0.2, 0) is 4.89 Å². The lowest BCUT2D eigenvalue weighted by Crippen LogP contribution is -2.44. The molecule has 1 saturated heterocycles. The zero-order chi connectivity index (χ0) is 21.9. The van der Waals surface area contributed by atoms with Crippen molar-refractivity contribution in [3.05, 3.63) is 68.0 Å². The normalized spacial score (nSPS) is 21.9. The fourth-order valence-electron chi connectivity index (χ4n) is 4.63. The van der Waals surface area contributed by atoms with Crippen molar-refractivity contribution in [1.29, 1.82) is 0 Å². The Morgan fingerprint density at radius 2 is 2.00 bits per heavy atom. The van der Waals surface area contributed by atoms with Crippen molar-refractivity contribution in [3.63, 3.8) is 0 Å². The van der Waals surface area contributed by atoms with Crippen LogP contribution in [0.3, 0.4) is 0 Å². The lowest BCUT2D eigenvalue weighted by molar-refractivity contribution is -0.269. The summed E-state index contributed by atoms with van der Waals surface area (Å²) in [6.07, 6.45) is -0.622. The van der Waals surface area contributed by atoms with Crippen LogP contribution >= 0.6 is 11.6 Å². The molecule has 2 aromatic carbocycles. The molecular formula is C23H22ClNO6. The van der Waals surface area contributed by atoms with Crippen molar-refractivity contribution in [2.24, 2.45) is 0 Å². The number of fused-ring (bicyclic) bond motifs is 5. The van der Waals surface area contributed by atoms with E-state index >= 15 is 0 Å². The first-order chi connectivity index (χ1) is 14.8. The van der Waals surface area contributed by atoms with Gasteiger partial charge in [-0.1, -0.05) is 23.7 Å². The number of likely N-dealkylation sites (N-methyl/N-ethyl adjacent to an activating group) is 1. The average molecular weight is 444 g/mol. The third-order valence-electron chi connectivity index (χ3n) is 6.22. The van der Waals surface area contributed by atoms with Crippen LogP contribution < -0.4 is 10.3 Å². The number of rotatable bonds is 2. The highest BCUT2D eigenvalue weighted by Gasteiger charge is 2.40. The van der Waals surface area contributed by atoms with Crippen molar-refractivity contribution in [2.75, 3.05) is 20.1 Å². The number of halogens is 1. The number of benzene rings is 2. The SMILES string of the molecule is Cc1oc2c3c(cc(O)c2c(=O)c1C(O)c1ccc(Cl)cc1)OOC1CN(C)CCC31. The summed E-state index contributed by atoms with van der Waals surface area (Å²) in [6, 6.07) is 7.97. The van der Waals surface area contributed by atoms with E-state index in [9.17, 15) is 15.0 Å². The maximum absolute atomic E-state index is 13.5. The van der Waals surface area contributed by atoms with Gasteiger partial charge < -0.3 is 24.4 Å². The number of phenolic OH excluding ortho intramolecular Hbond substituents is 1. The first-order valence-corrected chi connectivity index (χ1v) is 10.5. The van der Waals surface area contributed by atoms with Gasteiger partial charge in [0, 0.05) is 29.1 Å². The summed E-state index contributed by atoms with van der Waals surface area (Å²) in [5.41, 5.74) is 1.12. The van der Waals surface area contributed by atoms with Crippen molar-refractivity contribution >= 4 is 22.6 Å². The van der Waals surface area contributed by atoms with E-state index < -0.39 is 11.5 Å². The third kappa shape index (κ3) is 3.29. The summed E-state index contributed by atoms with van der Waals surface area (Å²) in [7, 11) is 2.01. The Morgan fingerprint density at radius 3 is 2.74 bits per heavy atom. The van der Waals surface area contributed by atoms with E-state index in [0.717, 1.165) is 18.5 Å². The standard InChI is InChI=1S/C23H22ClNO6/c1-11-18(21(27)12-3-5-13(24)6-4-12)22(28)20-15(26)9-16-19(23(20)29-11)14-7-8-25(2)10-17(14)31-30-16/h3-6,9,14,17,21,26-27H,7-8,10H2,1-2H3. The van der Waals surface area contributed by atoms with Crippen LogP contribution in [0.15, 0.2) is 39.5 Å². The summed E-state index contributed by atoms with van der Waals surface area (Å²) in [6.45, 7) is 3.18. The van der Waals surface area contributed by atoms with E-state index in [0.29, 0.717) is 22.9 Å². The molecule has 3 atom stereocenters. The van der Waals surface area contributed by atoms with E-state index in [4.69, 9.17) is 25.8 Å². The van der Waals surface area contributed by atoms with Crippen LogP contribution in [0.25, 0.3) is 11.0 Å². The minimum Gasteiger partial charge on any atom is -0.507 e. The second kappa shape index (κ2) is 7.53. The zero-order valence-electron chi connectivity index (χ0n) is 17.1. The van der Waals surface area contributed by atoms with Gasteiger partial charge in [0.2, 0.25) is 5.43 Å². The monoisotopic (exact) mass is 443 g/mol. The molecule has 0 amide bonds. The van der Waals surface area contributed by atoms with Crippen molar-refractivity contribution in [2.45, 2.75) is 31.5 Å². The van der Waals surface area contributed by atoms with Gasteiger partial charge in [-0.2, -0.15) is 4.89 Å². The molecule has 0 radical (unpaired) electrons. The second-order valence-electron chi connectivity index (χ2n) is 8.24. The molecule has 31 heavy (non-hydrogen) atoms. The number of aliphatic hydroxyl groups excluding tert-OH is 1. The van der Waals surface area contributed by atoms with Gasteiger partial charge in [0.05, 0.1) is 5.56 Å². The van der Waals surface area contributed by atoms with Gasteiger partial charge in [-0.25, -0.2) is 0 Å². The number of nitrogens with zero attached hydrogens (tertiary/aromatic N) is 1. The first-order valence-electron chi connectivity index (χ1n) is 10.1. The van der Waals surface area contributed by atoms with Crippen LogP contribution in [0, 0.1) is 6.92 Å². The molecule has 2 aliphatic heterocycles. The molecule has 1 fully saturated rings. The fraction of sp³-hybridized carbons (Fsp3) is 0.348. The molecule has 1 aromatic heterocycles. The number of hydrogen-bond donors (Lipinski definition) is 2. The number of likely N-dealkylation sites (tertiary alicyclic amines) is 1. The number of aryl methyl sites for hydroxylation is 1.